The van der Waals surface area contributed by atoms with Crippen molar-refractivity contribution >= 4 is 11.8 Å². The first kappa shape index (κ1) is 19.8. The lowest BCUT2D eigenvalue weighted by atomic mass is 10.0. The summed E-state index contributed by atoms with van der Waals surface area (Å²) in [5, 5.41) is 7.02. The van der Waals surface area contributed by atoms with Crippen LogP contribution in [0.25, 0.3) is 11.4 Å². The zero-order valence-corrected chi connectivity index (χ0v) is 17.2. The van der Waals surface area contributed by atoms with Gasteiger partial charge in [-0.3, -0.25) is 19.7 Å². The number of carbonyl (C=O) groups excluding carboxylic acids is 2. The van der Waals surface area contributed by atoms with Crippen molar-refractivity contribution in [2.24, 2.45) is 0 Å². The molecule has 4 rings (SSSR count). The number of benzene rings is 1. The molecular formula is C23H25N5O2. The van der Waals surface area contributed by atoms with Crippen LogP contribution in [0, 0.1) is 0 Å². The molecule has 0 saturated carbocycles. The van der Waals surface area contributed by atoms with Gasteiger partial charge < -0.3 is 9.80 Å². The van der Waals surface area contributed by atoms with Gasteiger partial charge in [0.25, 0.3) is 11.8 Å². The van der Waals surface area contributed by atoms with Gasteiger partial charge in [0, 0.05) is 37.9 Å². The van der Waals surface area contributed by atoms with Crippen LogP contribution in [-0.4, -0.2) is 63.0 Å². The lowest BCUT2D eigenvalue weighted by molar-refractivity contribution is 0.0532. The molecule has 1 fully saturated rings. The minimum Gasteiger partial charge on any atom is -0.335 e. The number of rotatable bonds is 4. The first-order valence-electron chi connectivity index (χ1n) is 10.2. The second-order valence-electron chi connectivity index (χ2n) is 7.74. The van der Waals surface area contributed by atoms with E-state index in [1.165, 1.54) is 5.56 Å². The van der Waals surface area contributed by atoms with Gasteiger partial charge in [-0.1, -0.05) is 32.0 Å². The summed E-state index contributed by atoms with van der Waals surface area (Å²) >= 11 is 0. The fourth-order valence-electron chi connectivity index (χ4n) is 3.55. The molecule has 1 aliphatic heterocycles. The van der Waals surface area contributed by atoms with Crippen molar-refractivity contribution in [3.63, 3.8) is 0 Å². The monoisotopic (exact) mass is 403 g/mol. The highest BCUT2D eigenvalue weighted by Crippen LogP contribution is 2.18. The lowest BCUT2D eigenvalue weighted by Gasteiger charge is -2.34. The van der Waals surface area contributed by atoms with Gasteiger partial charge in [0.1, 0.15) is 11.4 Å². The molecule has 0 unspecified atom stereocenters. The molecule has 0 atom stereocenters. The van der Waals surface area contributed by atoms with E-state index in [9.17, 15) is 9.59 Å². The molecule has 7 nitrogen and oxygen atoms in total. The average molecular weight is 403 g/mol. The Hall–Kier alpha value is -3.48. The third-order valence-electron chi connectivity index (χ3n) is 5.41. The molecule has 0 bridgehead atoms. The number of piperazine rings is 1. The van der Waals surface area contributed by atoms with Crippen LogP contribution in [0.15, 0.2) is 54.7 Å². The predicted octanol–water partition coefficient (Wildman–Crippen LogP) is 3.19. The minimum absolute atomic E-state index is 0.0105. The molecule has 1 N–H and O–H groups in total. The molecule has 0 aliphatic carbocycles. The smallest absolute Gasteiger partial charge is 0.272 e. The van der Waals surface area contributed by atoms with Crippen LogP contribution < -0.4 is 0 Å². The van der Waals surface area contributed by atoms with Crippen molar-refractivity contribution in [3.05, 3.63) is 71.5 Å². The Balaban J connectivity index is 1.36. The third kappa shape index (κ3) is 4.10. The maximum atomic E-state index is 12.8. The summed E-state index contributed by atoms with van der Waals surface area (Å²) in [6.07, 6.45) is 1.69. The van der Waals surface area contributed by atoms with Crippen molar-refractivity contribution in [2.45, 2.75) is 19.8 Å². The number of H-pyrrole nitrogens is 1. The number of hydrogen-bond donors (Lipinski definition) is 1. The molecule has 1 aromatic carbocycles. The summed E-state index contributed by atoms with van der Waals surface area (Å²) < 4.78 is 0. The number of carbonyl (C=O) groups is 2. The number of amides is 2. The molecule has 1 saturated heterocycles. The first-order chi connectivity index (χ1) is 14.5. The zero-order chi connectivity index (χ0) is 21.1. The zero-order valence-electron chi connectivity index (χ0n) is 17.2. The van der Waals surface area contributed by atoms with Gasteiger partial charge in [-0.15, -0.1) is 0 Å². The minimum atomic E-state index is -0.113. The topological polar surface area (TPSA) is 82.2 Å². The first-order valence-corrected chi connectivity index (χ1v) is 10.2. The molecule has 0 spiro atoms. The number of aromatic amines is 1. The molecular weight excluding hydrogens is 378 g/mol. The van der Waals surface area contributed by atoms with Gasteiger partial charge in [-0.05, 0) is 41.8 Å². The molecule has 3 aromatic rings. The Morgan fingerprint density at radius 1 is 0.900 bits per heavy atom. The number of nitrogens with one attached hydrogen (secondary N) is 1. The Morgan fingerprint density at radius 3 is 2.17 bits per heavy atom. The Bertz CT molecular complexity index is 1020. The van der Waals surface area contributed by atoms with Crippen molar-refractivity contribution in [2.75, 3.05) is 26.2 Å². The fraction of sp³-hybridized carbons (Fsp3) is 0.304. The Morgan fingerprint density at radius 2 is 1.57 bits per heavy atom. The standard InChI is InChI=1S/C23H25N5O2/c1-16(2)17-6-8-18(9-7-17)22(29)27-11-13-28(14-12-27)23(30)21-15-20(25-26-21)19-5-3-4-10-24-19/h3-10,15-16H,11-14H2,1-2H3,(H,25,26). The molecule has 3 heterocycles. The Labute approximate surface area is 175 Å². The maximum Gasteiger partial charge on any atom is 0.272 e. The van der Waals surface area contributed by atoms with E-state index in [1.54, 1.807) is 22.1 Å². The summed E-state index contributed by atoms with van der Waals surface area (Å²) in [6, 6.07) is 15.1. The summed E-state index contributed by atoms with van der Waals surface area (Å²) in [5.74, 6) is 0.332. The van der Waals surface area contributed by atoms with Crippen molar-refractivity contribution in [1.82, 2.24) is 25.0 Å². The second-order valence-corrected chi connectivity index (χ2v) is 7.74. The van der Waals surface area contributed by atoms with E-state index in [2.05, 4.69) is 29.0 Å². The molecule has 7 heteroatoms. The van der Waals surface area contributed by atoms with E-state index in [-0.39, 0.29) is 11.8 Å². The summed E-state index contributed by atoms with van der Waals surface area (Å²) in [7, 11) is 0. The van der Waals surface area contributed by atoms with E-state index in [1.807, 2.05) is 42.5 Å². The number of hydrogen-bond acceptors (Lipinski definition) is 4. The predicted molar refractivity (Wildman–Crippen MR) is 114 cm³/mol. The Kier molecular flexibility index (Phi) is 5.61. The van der Waals surface area contributed by atoms with Crippen LogP contribution in [0.1, 0.15) is 46.2 Å². The van der Waals surface area contributed by atoms with E-state index in [4.69, 9.17) is 0 Å². The van der Waals surface area contributed by atoms with Gasteiger partial charge >= 0.3 is 0 Å². The van der Waals surface area contributed by atoms with E-state index >= 15 is 0 Å². The van der Waals surface area contributed by atoms with Crippen LogP contribution in [0.5, 0.6) is 0 Å². The van der Waals surface area contributed by atoms with Crippen LogP contribution in [0.2, 0.25) is 0 Å². The summed E-state index contributed by atoms with van der Waals surface area (Å²) in [5.41, 5.74) is 3.68. The lowest BCUT2D eigenvalue weighted by Crippen LogP contribution is -2.50. The summed E-state index contributed by atoms with van der Waals surface area (Å²) in [6.45, 7) is 6.27. The van der Waals surface area contributed by atoms with Gasteiger partial charge in [0.05, 0.1) is 5.69 Å². The number of nitrogens with zero attached hydrogens (tertiary/aromatic N) is 4. The quantitative estimate of drug-likeness (QED) is 0.725. The van der Waals surface area contributed by atoms with Crippen molar-refractivity contribution < 1.29 is 9.59 Å². The molecule has 30 heavy (non-hydrogen) atoms. The highest BCUT2D eigenvalue weighted by atomic mass is 16.2. The van der Waals surface area contributed by atoms with Gasteiger partial charge in [0.2, 0.25) is 0 Å². The highest BCUT2D eigenvalue weighted by Gasteiger charge is 2.26. The normalized spacial score (nSPS) is 14.2. The maximum absolute atomic E-state index is 12.8. The van der Waals surface area contributed by atoms with Crippen LogP contribution in [0.4, 0.5) is 0 Å². The molecule has 1 aliphatic rings. The van der Waals surface area contributed by atoms with Gasteiger partial charge in [0.15, 0.2) is 0 Å². The average Bonchev–Trinajstić information content (AvgIpc) is 3.29. The molecule has 2 aromatic heterocycles. The summed E-state index contributed by atoms with van der Waals surface area (Å²) in [4.78, 5) is 33.4. The van der Waals surface area contributed by atoms with Gasteiger partial charge in [-0.25, -0.2) is 0 Å². The second kappa shape index (κ2) is 8.49. The molecule has 0 radical (unpaired) electrons. The van der Waals surface area contributed by atoms with E-state index in [0.717, 1.165) is 0 Å². The molecule has 2 amide bonds. The largest absolute Gasteiger partial charge is 0.335 e. The number of aromatic nitrogens is 3. The fourth-order valence-corrected chi connectivity index (χ4v) is 3.55. The van der Waals surface area contributed by atoms with Crippen LogP contribution in [-0.2, 0) is 0 Å². The van der Waals surface area contributed by atoms with Crippen molar-refractivity contribution in [1.29, 1.82) is 0 Å². The molecule has 154 valence electrons. The highest BCUT2D eigenvalue weighted by molar-refractivity contribution is 5.95. The van der Waals surface area contributed by atoms with Crippen LogP contribution >= 0.6 is 0 Å². The van der Waals surface area contributed by atoms with Crippen LogP contribution in [0.3, 0.4) is 0 Å². The third-order valence-corrected chi connectivity index (χ3v) is 5.41. The van der Waals surface area contributed by atoms with E-state index < -0.39 is 0 Å². The SMILES string of the molecule is CC(C)c1ccc(C(=O)N2CCN(C(=O)c3cc(-c4ccccn4)n[nH]3)CC2)cc1. The van der Waals surface area contributed by atoms with Gasteiger partial charge in [-0.2, -0.15) is 5.10 Å². The van der Waals surface area contributed by atoms with E-state index in [0.29, 0.717) is 54.7 Å². The van der Waals surface area contributed by atoms with Crippen molar-refractivity contribution in [3.8, 4) is 11.4 Å². The number of pyridine rings is 1.